The number of hydrogen-bond donors (Lipinski definition) is 1. The molecule has 0 saturated heterocycles. The Balaban J connectivity index is 1.86. The molecular formula is C16H14N4. The van der Waals surface area contributed by atoms with E-state index in [-0.39, 0.29) is 0 Å². The molecule has 0 spiro atoms. The van der Waals surface area contributed by atoms with Crippen LogP contribution in [0.5, 0.6) is 0 Å². The lowest BCUT2D eigenvalue weighted by molar-refractivity contribution is 1.17. The minimum atomic E-state index is 0.774. The van der Waals surface area contributed by atoms with E-state index in [9.17, 15) is 0 Å². The van der Waals surface area contributed by atoms with Gasteiger partial charge in [-0.3, -0.25) is 4.98 Å². The largest absolute Gasteiger partial charge is 0.340 e. The summed E-state index contributed by atoms with van der Waals surface area (Å²) < 4.78 is 0. The van der Waals surface area contributed by atoms with Crippen LogP contribution in [-0.4, -0.2) is 15.0 Å². The van der Waals surface area contributed by atoms with Crippen LogP contribution in [0.15, 0.2) is 61.2 Å². The highest BCUT2D eigenvalue weighted by Crippen LogP contribution is 2.20. The molecule has 0 aliphatic carbocycles. The smallest absolute Gasteiger partial charge is 0.134 e. The normalized spacial score (nSPS) is 10.2. The van der Waals surface area contributed by atoms with Crippen LogP contribution in [0.25, 0.3) is 11.3 Å². The molecule has 0 bridgehead atoms. The molecule has 1 N–H and O–H groups in total. The average Bonchev–Trinajstić information content (AvgIpc) is 2.51. The molecule has 4 heteroatoms. The van der Waals surface area contributed by atoms with Crippen molar-refractivity contribution >= 4 is 11.5 Å². The fourth-order valence-corrected chi connectivity index (χ4v) is 1.89. The van der Waals surface area contributed by atoms with Crippen molar-refractivity contribution < 1.29 is 0 Å². The molecule has 2 heterocycles. The molecular weight excluding hydrogens is 248 g/mol. The summed E-state index contributed by atoms with van der Waals surface area (Å²) in [6.07, 6.45) is 5.07. The van der Waals surface area contributed by atoms with Crippen molar-refractivity contribution in [1.29, 1.82) is 0 Å². The Hall–Kier alpha value is -2.75. The third-order valence-electron chi connectivity index (χ3n) is 2.97. The molecule has 0 atom stereocenters. The van der Waals surface area contributed by atoms with Gasteiger partial charge in [0.25, 0.3) is 0 Å². The van der Waals surface area contributed by atoms with Gasteiger partial charge in [0.2, 0.25) is 0 Å². The highest BCUT2D eigenvalue weighted by atomic mass is 15.0. The topological polar surface area (TPSA) is 50.7 Å². The summed E-state index contributed by atoms with van der Waals surface area (Å²) in [4.78, 5) is 12.5. The van der Waals surface area contributed by atoms with Crippen LogP contribution in [0.3, 0.4) is 0 Å². The van der Waals surface area contributed by atoms with Gasteiger partial charge < -0.3 is 5.32 Å². The lowest BCUT2D eigenvalue weighted by atomic mass is 10.2. The van der Waals surface area contributed by atoms with E-state index < -0.39 is 0 Å². The summed E-state index contributed by atoms with van der Waals surface area (Å²) in [6.45, 7) is 2.07. The first-order chi connectivity index (χ1) is 9.81. The van der Waals surface area contributed by atoms with E-state index in [4.69, 9.17) is 0 Å². The molecule has 0 amide bonds. The SMILES string of the molecule is Cc1ccc(Nc2cc(-c3ccncc3)ncn2)cc1. The third kappa shape index (κ3) is 2.80. The van der Waals surface area contributed by atoms with Gasteiger partial charge >= 0.3 is 0 Å². The maximum atomic E-state index is 4.29. The van der Waals surface area contributed by atoms with Gasteiger partial charge in [-0.25, -0.2) is 9.97 Å². The van der Waals surface area contributed by atoms with Gasteiger partial charge in [-0.2, -0.15) is 0 Å². The van der Waals surface area contributed by atoms with Crippen LogP contribution in [0.4, 0.5) is 11.5 Å². The average molecular weight is 262 g/mol. The number of nitrogens with one attached hydrogen (secondary N) is 1. The molecule has 98 valence electrons. The van der Waals surface area contributed by atoms with E-state index in [2.05, 4.69) is 39.3 Å². The molecule has 0 aliphatic heterocycles. The maximum absolute atomic E-state index is 4.29. The third-order valence-corrected chi connectivity index (χ3v) is 2.97. The maximum Gasteiger partial charge on any atom is 0.134 e. The summed E-state index contributed by atoms with van der Waals surface area (Å²) >= 11 is 0. The molecule has 4 nitrogen and oxygen atoms in total. The van der Waals surface area contributed by atoms with Gasteiger partial charge in [0, 0.05) is 29.7 Å². The Morgan fingerprint density at radius 3 is 2.40 bits per heavy atom. The zero-order chi connectivity index (χ0) is 13.8. The van der Waals surface area contributed by atoms with Crippen molar-refractivity contribution in [3.63, 3.8) is 0 Å². The first-order valence-corrected chi connectivity index (χ1v) is 6.37. The van der Waals surface area contributed by atoms with Gasteiger partial charge in [-0.05, 0) is 31.2 Å². The summed E-state index contributed by atoms with van der Waals surface area (Å²) in [5.41, 5.74) is 4.14. The van der Waals surface area contributed by atoms with Crippen LogP contribution < -0.4 is 5.32 Å². The molecule has 3 rings (SSSR count). The predicted molar refractivity (Wildman–Crippen MR) is 79.7 cm³/mol. The predicted octanol–water partition coefficient (Wildman–Crippen LogP) is 3.59. The number of aryl methyl sites for hydroxylation is 1. The Morgan fingerprint density at radius 1 is 0.900 bits per heavy atom. The molecule has 0 aliphatic rings. The summed E-state index contributed by atoms with van der Waals surface area (Å²) in [5.74, 6) is 0.774. The number of rotatable bonds is 3. The minimum Gasteiger partial charge on any atom is -0.340 e. The van der Waals surface area contributed by atoms with Crippen LogP contribution >= 0.6 is 0 Å². The number of pyridine rings is 1. The van der Waals surface area contributed by atoms with Crippen LogP contribution in [0, 0.1) is 6.92 Å². The first kappa shape index (κ1) is 12.3. The Kier molecular flexibility index (Phi) is 3.37. The van der Waals surface area contributed by atoms with Crippen LogP contribution in [0.1, 0.15) is 5.56 Å². The summed E-state index contributed by atoms with van der Waals surface area (Å²) in [5, 5.41) is 3.27. The molecule has 0 saturated carbocycles. The van der Waals surface area contributed by atoms with Gasteiger partial charge in [-0.15, -0.1) is 0 Å². The second-order valence-electron chi connectivity index (χ2n) is 4.52. The molecule has 0 fully saturated rings. The number of hydrogen-bond acceptors (Lipinski definition) is 4. The number of aromatic nitrogens is 3. The molecule has 20 heavy (non-hydrogen) atoms. The van der Waals surface area contributed by atoms with Crippen molar-refractivity contribution in [2.75, 3.05) is 5.32 Å². The summed E-state index contributed by atoms with van der Waals surface area (Å²) in [6, 6.07) is 14.0. The number of nitrogens with zero attached hydrogens (tertiary/aromatic N) is 3. The highest BCUT2D eigenvalue weighted by Gasteiger charge is 2.02. The van der Waals surface area contributed by atoms with Gasteiger partial charge in [0.1, 0.15) is 12.1 Å². The van der Waals surface area contributed by atoms with E-state index >= 15 is 0 Å². The van der Waals surface area contributed by atoms with E-state index in [0.29, 0.717) is 0 Å². The Labute approximate surface area is 117 Å². The lowest BCUT2D eigenvalue weighted by Crippen LogP contribution is -1.95. The zero-order valence-corrected chi connectivity index (χ0v) is 11.1. The quantitative estimate of drug-likeness (QED) is 0.783. The molecule has 1 aromatic carbocycles. The van der Waals surface area contributed by atoms with Crippen molar-refractivity contribution in [2.45, 2.75) is 6.92 Å². The Bertz CT molecular complexity index is 693. The fourth-order valence-electron chi connectivity index (χ4n) is 1.89. The van der Waals surface area contributed by atoms with E-state index in [1.165, 1.54) is 5.56 Å². The zero-order valence-electron chi connectivity index (χ0n) is 11.1. The van der Waals surface area contributed by atoms with Crippen molar-refractivity contribution in [3.05, 3.63) is 66.7 Å². The molecule has 0 unspecified atom stereocenters. The van der Waals surface area contributed by atoms with Crippen molar-refractivity contribution in [1.82, 2.24) is 15.0 Å². The fraction of sp³-hybridized carbons (Fsp3) is 0.0625. The second-order valence-corrected chi connectivity index (χ2v) is 4.52. The monoisotopic (exact) mass is 262 g/mol. The molecule has 3 aromatic rings. The van der Waals surface area contributed by atoms with Crippen LogP contribution in [-0.2, 0) is 0 Å². The van der Waals surface area contributed by atoms with Gasteiger partial charge in [0.15, 0.2) is 0 Å². The standard InChI is InChI=1S/C16H14N4/c1-12-2-4-14(5-3-12)20-16-10-15(18-11-19-16)13-6-8-17-9-7-13/h2-11H,1H3,(H,18,19,20). The number of benzene rings is 1. The Morgan fingerprint density at radius 2 is 1.65 bits per heavy atom. The summed E-state index contributed by atoms with van der Waals surface area (Å²) in [7, 11) is 0. The van der Waals surface area contributed by atoms with Gasteiger partial charge in [0.05, 0.1) is 5.69 Å². The van der Waals surface area contributed by atoms with Gasteiger partial charge in [-0.1, -0.05) is 17.7 Å². The second kappa shape index (κ2) is 5.48. The van der Waals surface area contributed by atoms with E-state index in [1.807, 2.05) is 30.3 Å². The lowest BCUT2D eigenvalue weighted by Gasteiger charge is -2.07. The minimum absolute atomic E-state index is 0.774. The molecule has 0 radical (unpaired) electrons. The van der Waals surface area contributed by atoms with Crippen molar-refractivity contribution in [3.8, 4) is 11.3 Å². The van der Waals surface area contributed by atoms with Crippen LogP contribution in [0.2, 0.25) is 0 Å². The first-order valence-electron chi connectivity index (χ1n) is 6.37. The van der Waals surface area contributed by atoms with E-state index in [1.54, 1.807) is 18.7 Å². The van der Waals surface area contributed by atoms with E-state index in [0.717, 1.165) is 22.8 Å². The molecule has 2 aromatic heterocycles. The van der Waals surface area contributed by atoms with Crippen molar-refractivity contribution in [2.24, 2.45) is 0 Å². The number of anilines is 2. The highest BCUT2D eigenvalue weighted by molar-refractivity contribution is 5.64.